The predicted molar refractivity (Wildman–Crippen MR) is 102 cm³/mol. The summed E-state index contributed by atoms with van der Waals surface area (Å²) >= 11 is 0. The molecule has 4 rings (SSSR count). The number of carbonyl (C=O) groups is 2. The van der Waals surface area contributed by atoms with Gasteiger partial charge in [0.15, 0.2) is 12.4 Å². The Balaban J connectivity index is 1.26. The van der Waals surface area contributed by atoms with E-state index in [0.29, 0.717) is 37.5 Å². The van der Waals surface area contributed by atoms with E-state index >= 15 is 0 Å². The van der Waals surface area contributed by atoms with Crippen molar-refractivity contribution >= 4 is 11.9 Å². The summed E-state index contributed by atoms with van der Waals surface area (Å²) in [5.41, 5.74) is 1.98. The van der Waals surface area contributed by atoms with E-state index in [-0.39, 0.29) is 30.3 Å². The third-order valence-corrected chi connectivity index (χ3v) is 4.96. The maximum atomic E-state index is 12.4. The van der Waals surface area contributed by atoms with Gasteiger partial charge < -0.3 is 18.6 Å². The van der Waals surface area contributed by atoms with Crippen LogP contribution in [0, 0.1) is 12.8 Å². The Morgan fingerprint density at radius 3 is 2.62 bits per heavy atom. The number of hydrogen-bond donors (Lipinski definition) is 0. The summed E-state index contributed by atoms with van der Waals surface area (Å²) in [6.45, 7) is 2.90. The van der Waals surface area contributed by atoms with E-state index in [9.17, 15) is 9.59 Å². The Morgan fingerprint density at radius 2 is 1.93 bits per heavy atom. The summed E-state index contributed by atoms with van der Waals surface area (Å²) in [6, 6.07) is 11.1. The highest BCUT2D eigenvalue weighted by molar-refractivity contribution is 5.91. The Labute approximate surface area is 167 Å². The monoisotopic (exact) mass is 395 g/mol. The van der Waals surface area contributed by atoms with Crippen molar-refractivity contribution in [3.05, 3.63) is 59.9 Å². The number of benzene rings is 1. The van der Waals surface area contributed by atoms with Crippen LogP contribution in [0.25, 0.3) is 11.4 Å². The molecule has 29 heavy (non-hydrogen) atoms. The van der Waals surface area contributed by atoms with Crippen LogP contribution in [0.15, 0.2) is 51.6 Å². The van der Waals surface area contributed by atoms with E-state index in [1.807, 2.05) is 31.2 Å². The molecule has 1 aromatic carbocycles. The molecule has 1 saturated heterocycles. The minimum Gasteiger partial charge on any atom is -0.459 e. The maximum Gasteiger partial charge on any atom is 0.309 e. The van der Waals surface area contributed by atoms with Gasteiger partial charge in [-0.05, 0) is 31.9 Å². The Morgan fingerprint density at radius 1 is 1.17 bits per heavy atom. The largest absolute Gasteiger partial charge is 0.459 e. The number of carbonyl (C=O) groups excluding carboxylic acids is 2. The predicted octanol–water partition coefficient (Wildman–Crippen LogP) is 3.23. The topological polar surface area (TPSA) is 98.7 Å². The summed E-state index contributed by atoms with van der Waals surface area (Å²) in [5, 5.41) is 3.93. The maximum absolute atomic E-state index is 12.4. The number of ether oxygens (including phenoxy) is 1. The highest BCUT2D eigenvalue weighted by Gasteiger charge is 2.30. The highest BCUT2D eigenvalue weighted by Crippen LogP contribution is 2.22. The fraction of sp³-hybridized carbons (Fsp3) is 0.333. The van der Waals surface area contributed by atoms with E-state index in [1.165, 1.54) is 6.26 Å². The van der Waals surface area contributed by atoms with Gasteiger partial charge in [0.1, 0.15) is 0 Å². The summed E-state index contributed by atoms with van der Waals surface area (Å²) in [7, 11) is 0. The van der Waals surface area contributed by atoms with Crippen LogP contribution in [-0.4, -0.2) is 40.0 Å². The lowest BCUT2D eigenvalue weighted by Gasteiger charge is -2.30. The van der Waals surface area contributed by atoms with Gasteiger partial charge in [0, 0.05) is 18.7 Å². The molecule has 2 aromatic heterocycles. The Hall–Kier alpha value is -3.42. The molecule has 0 N–H and O–H groups in total. The van der Waals surface area contributed by atoms with Gasteiger partial charge in [-0.1, -0.05) is 35.0 Å². The lowest BCUT2D eigenvalue weighted by Crippen LogP contribution is -2.40. The number of nitrogens with zero attached hydrogens (tertiary/aromatic N) is 3. The number of likely N-dealkylation sites (tertiary alicyclic amines) is 1. The van der Waals surface area contributed by atoms with Crippen molar-refractivity contribution in [3.8, 4) is 11.4 Å². The van der Waals surface area contributed by atoms with Gasteiger partial charge in [-0.2, -0.15) is 4.98 Å². The van der Waals surface area contributed by atoms with Crippen LogP contribution in [0.5, 0.6) is 0 Å². The van der Waals surface area contributed by atoms with Crippen molar-refractivity contribution in [1.82, 2.24) is 15.0 Å². The SMILES string of the molecule is Cc1ccc(-c2noc(COC(=O)C3CCN(C(=O)c4ccco4)CC3)n2)cc1. The number of aryl methyl sites for hydroxylation is 1. The third-order valence-electron chi connectivity index (χ3n) is 4.96. The molecule has 1 amide bonds. The molecular formula is C21H21N3O5. The van der Waals surface area contributed by atoms with Crippen molar-refractivity contribution in [3.63, 3.8) is 0 Å². The number of rotatable bonds is 5. The molecule has 0 unspecified atom stereocenters. The molecule has 1 fully saturated rings. The number of esters is 1. The van der Waals surface area contributed by atoms with Crippen LogP contribution in [0.1, 0.15) is 34.9 Å². The standard InChI is InChI=1S/C21H21N3O5/c1-14-4-6-15(7-5-14)19-22-18(29-23-19)13-28-21(26)16-8-10-24(11-9-16)20(25)17-3-2-12-27-17/h2-7,12,16H,8-11,13H2,1H3. The van der Waals surface area contributed by atoms with E-state index in [1.54, 1.807) is 17.0 Å². The van der Waals surface area contributed by atoms with E-state index in [4.69, 9.17) is 13.7 Å². The van der Waals surface area contributed by atoms with Crippen LogP contribution >= 0.6 is 0 Å². The van der Waals surface area contributed by atoms with Crippen molar-refractivity contribution in [2.75, 3.05) is 13.1 Å². The zero-order chi connectivity index (χ0) is 20.2. The molecule has 8 nitrogen and oxygen atoms in total. The summed E-state index contributed by atoms with van der Waals surface area (Å²) in [6.07, 6.45) is 2.56. The molecule has 0 atom stereocenters. The van der Waals surface area contributed by atoms with Gasteiger partial charge in [-0.3, -0.25) is 9.59 Å². The fourth-order valence-electron chi connectivity index (χ4n) is 3.26. The number of furan rings is 1. The second kappa shape index (κ2) is 8.30. The molecule has 1 aliphatic rings. The molecule has 8 heteroatoms. The molecule has 150 valence electrons. The van der Waals surface area contributed by atoms with Crippen molar-refractivity contribution < 1.29 is 23.3 Å². The van der Waals surface area contributed by atoms with Gasteiger partial charge in [0.2, 0.25) is 5.82 Å². The van der Waals surface area contributed by atoms with E-state index < -0.39 is 0 Å². The van der Waals surface area contributed by atoms with Crippen LogP contribution < -0.4 is 0 Å². The number of amides is 1. The molecule has 3 aromatic rings. The lowest BCUT2D eigenvalue weighted by atomic mass is 9.97. The average Bonchev–Trinajstić information content (AvgIpc) is 3.44. The molecule has 0 saturated carbocycles. The van der Waals surface area contributed by atoms with Crippen LogP contribution in [0.3, 0.4) is 0 Å². The molecule has 0 radical (unpaired) electrons. The van der Waals surface area contributed by atoms with Gasteiger partial charge in [-0.15, -0.1) is 0 Å². The summed E-state index contributed by atoms with van der Waals surface area (Å²) in [4.78, 5) is 30.6. The molecule has 0 bridgehead atoms. The number of hydrogen-bond acceptors (Lipinski definition) is 7. The zero-order valence-electron chi connectivity index (χ0n) is 16.0. The molecule has 0 aliphatic carbocycles. The minimum absolute atomic E-state index is 0.0662. The van der Waals surface area contributed by atoms with Crippen molar-refractivity contribution in [2.24, 2.45) is 5.92 Å². The Bertz CT molecular complexity index is 970. The van der Waals surface area contributed by atoms with Gasteiger partial charge in [-0.25, -0.2) is 0 Å². The molecule has 3 heterocycles. The average molecular weight is 395 g/mol. The van der Waals surface area contributed by atoms with Crippen LogP contribution in [-0.2, 0) is 16.1 Å². The minimum atomic E-state index is -0.315. The highest BCUT2D eigenvalue weighted by atomic mass is 16.6. The quantitative estimate of drug-likeness (QED) is 0.612. The smallest absolute Gasteiger partial charge is 0.309 e. The second-order valence-electron chi connectivity index (χ2n) is 7.03. The first kappa shape index (κ1) is 18.9. The first-order valence-corrected chi connectivity index (χ1v) is 9.49. The van der Waals surface area contributed by atoms with E-state index in [0.717, 1.165) is 11.1 Å². The number of piperidine rings is 1. The first-order chi connectivity index (χ1) is 14.1. The second-order valence-corrected chi connectivity index (χ2v) is 7.03. The number of aromatic nitrogens is 2. The molecular weight excluding hydrogens is 374 g/mol. The first-order valence-electron chi connectivity index (χ1n) is 9.49. The summed E-state index contributed by atoms with van der Waals surface area (Å²) < 4.78 is 15.7. The third kappa shape index (κ3) is 4.37. The fourth-order valence-corrected chi connectivity index (χ4v) is 3.26. The van der Waals surface area contributed by atoms with Crippen LogP contribution in [0.4, 0.5) is 0 Å². The van der Waals surface area contributed by atoms with Gasteiger partial charge in [0.25, 0.3) is 11.8 Å². The molecule has 1 aliphatic heterocycles. The normalized spacial score (nSPS) is 14.7. The van der Waals surface area contributed by atoms with Crippen LogP contribution in [0.2, 0.25) is 0 Å². The van der Waals surface area contributed by atoms with Gasteiger partial charge >= 0.3 is 5.97 Å². The summed E-state index contributed by atoms with van der Waals surface area (Å²) in [5.74, 6) is 0.295. The van der Waals surface area contributed by atoms with Crippen molar-refractivity contribution in [2.45, 2.75) is 26.4 Å². The lowest BCUT2D eigenvalue weighted by molar-refractivity contribution is -0.152. The zero-order valence-corrected chi connectivity index (χ0v) is 16.0. The van der Waals surface area contributed by atoms with E-state index in [2.05, 4.69) is 10.1 Å². The Kier molecular flexibility index (Phi) is 5.41. The molecule has 0 spiro atoms. The van der Waals surface area contributed by atoms with Crippen molar-refractivity contribution in [1.29, 1.82) is 0 Å². The van der Waals surface area contributed by atoms with Gasteiger partial charge in [0.05, 0.1) is 12.2 Å².